The van der Waals surface area contributed by atoms with Crippen molar-refractivity contribution < 1.29 is 23.1 Å². The smallest absolute Gasteiger partial charge is 0.347 e. The van der Waals surface area contributed by atoms with E-state index in [1.165, 1.54) is 19.2 Å². The number of aromatic carboxylic acids is 1. The van der Waals surface area contributed by atoms with Gasteiger partial charge in [0, 0.05) is 20.0 Å². The van der Waals surface area contributed by atoms with Crippen molar-refractivity contribution in [3.05, 3.63) is 15.8 Å². The Balaban J connectivity index is 2.86. The molecule has 19 heavy (non-hydrogen) atoms. The van der Waals surface area contributed by atoms with Crippen LogP contribution in [0.1, 0.15) is 22.2 Å². The Labute approximate surface area is 114 Å². The quantitative estimate of drug-likeness (QED) is 0.648. The topological polar surface area (TPSA) is 113 Å². The third kappa shape index (κ3) is 4.01. The van der Waals surface area contributed by atoms with E-state index in [1.807, 2.05) is 0 Å². The summed E-state index contributed by atoms with van der Waals surface area (Å²) in [6.45, 7) is 2.99. The average molecular weight is 306 g/mol. The normalized spacial score (nSPS) is 11.3. The Hall–Kier alpha value is -1.45. The Kier molecular flexibility index (Phi) is 5.04. The summed E-state index contributed by atoms with van der Waals surface area (Å²) in [6.07, 6.45) is 0. The molecular formula is C10H14N2O5S2. The third-order valence-corrected chi connectivity index (χ3v) is 5.03. The first-order chi connectivity index (χ1) is 8.75. The Morgan fingerprint density at radius 2 is 2.00 bits per heavy atom. The number of carboxylic acids is 1. The highest BCUT2D eigenvalue weighted by Crippen LogP contribution is 2.26. The third-order valence-electron chi connectivity index (χ3n) is 2.17. The lowest BCUT2D eigenvalue weighted by molar-refractivity contribution is -0.118. The highest BCUT2D eigenvalue weighted by molar-refractivity contribution is 7.89. The summed E-state index contributed by atoms with van der Waals surface area (Å²) in [5.74, 6) is -1.54. The fourth-order valence-corrected chi connectivity index (χ4v) is 4.07. The lowest BCUT2D eigenvalue weighted by atomic mass is 10.3. The van der Waals surface area contributed by atoms with Gasteiger partial charge in [-0.3, -0.25) is 4.79 Å². The number of carbonyl (C=O) groups excluding carboxylic acids is 1. The highest BCUT2D eigenvalue weighted by atomic mass is 32.2. The molecule has 0 spiro atoms. The second-order valence-electron chi connectivity index (χ2n) is 3.76. The molecule has 7 nitrogen and oxygen atoms in total. The van der Waals surface area contributed by atoms with Gasteiger partial charge in [-0.15, -0.1) is 11.3 Å². The number of sulfonamides is 1. The minimum atomic E-state index is -3.89. The van der Waals surface area contributed by atoms with Crippen molar-refractivity contribution in [1.29, 1.82) is 0 Å². The minimum absolute atomic E-state index is 0.00371. The van der Waals surface area contributed by atoms with Crippen LogP contribution in [0.3, 0.4) is 0 Å². The largest absolute Gasteiger partial charge is 0.477 e. The van der Waals surface area contributed by atoms with Crippen LogP contribution in [0.4, 0.5) is 0 Å². The molecule has 3 N–H and O–H groups in total. The van der Waals surface area contributed by atoms with Crippen LogP contribution in [0, 0.1) is 6.92 Å². The van der Waals surface area contributed by atoms with Crippen molar-refractivity contribution in [3.63, 3.8) is 0 Å². The van der Waals surface area contributed by atoms with Crippen molar-refractivity contribution in [2.75, 3.05) is 13.1 Å². The number of thiophene rings is 1. The number of nitrogens with one attached hydrogen (secondary N) is 2. The monoisotopic (exact) mass is 306 g/mol. The molecule has 1 aromatic rings. The standard InChI is InChI=1S/C10H14N2O5S2/c1-6-5-18-8(10(14)15)9(6)19(16,17)12-4-3-11-7(2)13/h5,12H,3-4H2,1-2H3,(H,11,13)(H,14,15). The summed E-state index contributed by atoms with van der Waals surface area (Å²) in [7, 11) is -3.89. The van der Waals surface area contributed by atoms with E-state index in [1.54, 1.807) is 0 Å². The average Bonchev–Trinajstić information content (AvgIpc) is 2.67. The summed E-state index contributed by atoms with van der Waals surface area (Å²) >= 11 is 0.867. The van der Waals surface area contributed by atoms with Gasteiger partial charge < -0.3 is 10.4 Å². The van der Waals surface area contributed by atoms with Crippen LogP contribution < -0.4 is 10.0 Å². The zero-order valence-corrected chi connectivity index (χ0v) is 12.0. The maximum Gasteiger partial charge on any atom is 0.347 e. The molecule has 0 saturated carbocycles. The van der Waals surface area contributed by atoms with E-state index in [9.17, 15) is 18.0 Å². The second-order valence-corrected chi connectivity index (χ2v) is 6.35. The van der Waals surface area contributed by atoms with E-state index in [0.29, 0.717) is 5.56 Å². The fraction of sp³-hybridized carbons (Fsp3) is 0.400. The molecule has 1 aromatic heterocycles. The molecule has 0 aromatic carbocycles. The van der Waals surface area contributed by atoms with Gasteiger partial charge in [0.25, 0.3) is 0 Å². The van der Waals surface area contributed by atoms with Crippen molar-refractivity contribution in [2.24, 2.45) is 0 Å². The van der Waals surface area contributed by atoms with Gasteiger partial charge in [0.05, 0.1) is 0 Å². The molecule has 106 valence electrons. The molecule has 0 fully saturated rings. The summed E-state index contributed by atoms with van der Waals surface area (Å²) in [5.41, 5.74) is 0.384. The second kappa shape index (κ2) is 6.13. The van der Waals surface area contributed by atoms with Crippen LogP contribution in [0.5, 0.6) is 0 Å². The van der Waals surface area contributed by atoms with Gasteiger partial charge in [-0.05, 0) is 17.9 Å². The molecule has 0 unspecified atom stereocenters. The maximum absolute atomic E-state index is 12.0. The maximum atomic E-state index is 12.0. The lowest BCUT2D eigenvalue weighted by Crippen LogP contribution is -2.34. The Morgan fingerprint density at radius 3 is 2.53 bits per heavy atom. The van der Waals surface area contributed by atoms with E-state index < -0.39 is 16.0 Å². The van der Waals surface area contributed by atoms with E-state index in [2.05, 4.69) is 10.0 Å². The predicted octanol–water partition coefficient (Wildman–Crippen LogP) is 0.169. The molecule has 0 aliphatic carbocycles. The predicted molar refractivity (Wildman–Crippen MR) is 69.9 cm³/mol. The summed E-state index contributed by atoms with van der Waals surface area (Å²) in [6, 6.07) is 0. The number of carbonyl (C=O) groups is 2. The summed E-state index contributed by atoms with van der Waals surface area (Å²) in [4.78, 5) is 21.2. The number of hydrogen-bond acceptors (Lipinski definition) is 5. The highest BCUT2D eigenvalue weighted by Gasteiger charge is 2.26. The molecule has 1 amide bonds. The van der Waals surface area contributed by atoms with Crippen LogP contribution in [-0.4, -0.2) is 38.5 Å². The molecule has 1 rings (SSSR count). The van der Waals surface area contributed by atoms with Gasteiger partial charge in [0.1, 0.15) is 9.77 Å². The molecule has 0 aliphatic heterocycles. The summed E-state index contributed by atoms with van der Waals surface area (Å²) < 4.78 is 26.3. The van der Waals surface area contributed by atoms with E-state index in [-0.39, 0.29) is 28.8 Å². The molecule has 9 heteroatoms. The Morgan fingerprint density at radius 1 is 1.37 bits per heavy atom. The number of amides is 1. The Bertz CT molecular complexity index is 591. The minimum Gasteiger partial charge on any atom is -0.477 e. The molecule has 0 radical (unpaired) electrons. The zero-order valence-electron chi connectivity index (χ0n) is 10.4. The van der Waals surface area contributed by atoms with Gasteiger partial charge in [-0.1, -0.05) is 0 Å². The zero-order chi connectivity index (χ0) is 14.6. The number of hydrogen-bond donors (Lipinski definition) is 3. The lowest BCUT2D eigenvalue weighted by Gasteiger charge is -2.08. The van der Waals surface area contributed by atoms with E-state index in [0.717, 1.165) is 11.3 Å². The van der Waals surface area contributed by atoms with E-state index in [4.69, 9.17) is 5.11 Å². The molecule has 0 atom stereocenters. The number of rotatable bonds is 6. The van der Waals surface area contributed by atoms with Gasteiger partial charge in [0.2, 0.25) is 15.9 Å². The van der Waals surface area contributed by atoms with Crippen molar-refractivity contribution in [1.82, 2.24) is 10.0 Å². The first-order valence-electron chi connectivity index (χ1n) is 5.31. The van der Waals surface area contributed by atoms with E-state index >= 15 is 0 Å². The van der Waals surface area contributed by atoms with Crippen LogP contribution in [-0.2, 0) is 14.8 Å². The molecular weight excluding hydrogens is 292 g/mol. The first-order valence-corrected chi connectivity index (χ1v) is 7.67. The first kappa shape index (κ1) is 15.6. The van der Waals surface area contributed by atoms with Crippen LogP contribution in [0.25, 0.3) is 0 Å². The van der Waals surface area contributed by atoms with Crippen LogP contribution in [0.15, 0.2) is 10.3 Å². The van der Waals surface area contributed by atoms with Crippen LogP contribution in [0.2, 0.25) is 0 Å². The van der Waals surface area contributed by atoms with Crippen LogP contribution >= 0.6 is 11.3 Å². The van der Waals surface area contributed by atoms with Crippen molar-refractivity contribution in [3.8, 4) is 0 Å². The number of aryl methyl sites for hydroxylation is 1. The van der Waals surface area contributed by atoms with Gasteiger partial charge in [0.15, 0.2) is 0 Å². The van der Waals surface area contributed by atoms with Gasteiger partial charge in [-0.25, -0.2) is 17.9 Å². The van der Waals surface area contributed by atoms with Crippen molar-refractivity contribution in [2.45, 2.75) is 18.7 Å². The molecule has 0 bridgehead atoms. The SMILES string of the molecule is CC(=O)NCCNS(=O)(=O)c1c(C)csc1C(=O)O. The number of carboxylic acid groups (broad SMARTS) is 1. The molecule has 0 saturated heterocycles. The van der Waals surface area contributed by atoms with Gasteiger partial charge in [-0.2, -0.15) is 0 Å². The van der Waals surface area contributed by atoms with Gasteiger partial charge >= 0.3 is 5.97 Å². The summed E-state index contributed by atoms with van der Waals surface area (Å²) in [5, 5.41) is 12.9. The molecule has 0 aliphatic rings. The molecule has 1 heterocycles. The fourth-order valence-electron chi connectivity index (χ4n) is 1.41. The van der Waals surface area contributed by atoms with Crippen molar-refractivity contribution >= 4 is 33.2 Å².